The lowest BCUT2D eigenvalue weighted by atomic mass is 9.88. The number of carbonyl (C=O) groups excluding carboxylic acids is 2. The van der Waals surface area contributed by atoms with E-state index in [4.69, 9.17) is 0 Å². The lowest BCUT2D eigenvalue weighted by Crippen LogP contribution is -2.63. The lowest BCUT2D eigenvalue weighted by molar-refractivity contribution is -0.145. The minimum absolute atomic E-state index is 0.121. The van der Waals surface area contributed by atoms with E-state index in [2.05, 4.69) is 10.1 Å². The van der Waals surface area contributed by atoms with Crippen LogP contribution in [0.4, 0.5) is 4.39 Å². The number of aromatic nitrogens is 3. The number of carbonyl (C=O) groups is 2. The van der Waals surface area contributed by atoms with Gasteiger partial charge in [-0.25, -0.2) is 13.9 Å². The highest BCUT2D eigenvalue weighted by Gasteiger charge is 2.41. The molecule has 3 heterocycles. The van der Waals surface area contributed by atoms with E-state index in [-0.39, 0.29) is 34.7 Å². The molecule has 0 saturated carbocycles. The van der Waals surface area contributed by atoms with Crippen LogP contribution >= 0.6 is 0 Å². The van der Waals surface area contributed by atoms with Crippen LogP contribution in [0.25, 0.3) is 16.9 Å². The van der Waals surface area contributed by atoms with Gasteiger partial charge in [-0.1, -0.05) is 34.6 Å². The molecule has 3 aromatic rings. The second kappa shape index (κ2) is 10.1. The van der Waals surface area contributed by atoms with Gasteiger partial charge in [-0.3, -0.25) is 9.59 Å². The number of benzene rings is 1. The van der Waals surface area contributed by atoms with Gasteiger partial charge in [0.1, 0.15) is 17.6 Å². The Morgan fingerprint density at radius 1 is 1.13 bits per heavy atom. The molecule has 0 radical (unpaired) electrons. The topological polar surface area (TPSA) is 91.0 Å². The van der Waals surface area contributed by atoms with Gasteiger partial charge >= 0.3 is 0 Å². The number of amides is 2. The zero-order valence-corrected chi connectivity index (χ0v) is 23.3. The van der Waals surface area contributed by atoms with Gasteiger partial charge in [-0.15, -0.1) is 0 Å². The normalized spacial score (nSPS) is 16.8. The van der Waals surface area contributed by atoms with E-state index in [1.165, 1.54) is 12.1 Å². The number of nitrogens with zero attached hydrogens (tertiary/aromatic N) is 5. The first kappa shape index (κ1) is 27.7. The molecule has 2 amide bonds. The summed E-state index contributed by atoms with van der Waals surface area (Å²) in [5.74, 6) is -0.731. The maximum atomic E-state index is 13.7. The monoisotopic (exact) mass is 523 g/mol. The summed E-state index contributed by atoms with van der Waals surface area (Å²) in [5.41, 5.74) is 2.41. The van der Waals surface area contributed by atoms with Gasteiger partial charge in [0.2, 0.25) is 0 Å². The van der Waals surface area contributed by atoms with E-state index in [1.54, 1.807) is 32.6 Å². The van der Waals surface area contributed by atoms with Crippen LogP contribution in [0.5, 0.6) is 0 Å². The summed E-state index contributed by atoms with van der Waals surface area (Å²) in [4.78, 5) is 34.7. The Morgan fingerprint density at radius 2 is 1.79 bits per heavy atom. The van der Waals surface area contributed by atoms with Crippen LogP contribution in [0.15, 0.2) is 36.5 Å². The van der Waals surface area contributed by atoms with Crippen LogP contribution in [0.2, 0.25) is 0 Å². The standard InChI is InChI=1S/C29H38FN5O3/c1-18(2)21-14-22(19-8-10-20(30)11-9-19)32-35-16-23(31-25(21)35)26(37)34-13-12-33(17-29(34,6)7)27(38)24(36)15-28(3,4)5/h8-11,14,16,18,24,36H,12-13,15,17H2,1-7H3/t24-/m1/s1. The van der Waals surface area contributed by atoms with Crippen molar-refractivity contribution < 1.29 is 19.1 Å². The quantitative estimate of drug-likeness (QED) is 0.531. The van der Waals surface area contributed by atoms with Gasteiger partial charge in [0.25, 0.3) is 11.8 Å². The molecule has 2 aromatic heterocycles. The van der Waals surface area contributed by atoms with Crippen molar-refractivity contribution in [2.24, 2.45) is 5.41 Å². The molecule has 0 bridgehead atoms. The predicted molar refractivity (Wildman–Crippen MR) is 144 cm³/mol. The molecule has 0 spiro atoms. The Kier molecular flexibility index (Phi) is 7.36. The molecule has 1 N–H and O–H groups in total. The first-order chi connectivity index (χ1) is 17.7. The fraction of sp³-hybridized carbons (Fsp3) is 0.517. The second-order valence-corrected chi connectivity index (χ2v) is 12.4. The smallest absolute Gasteiger partial charge is 0.274 e. The Balaban J connectivity index is 1.60. The number of piperazine rings is 1. The molecule has 4 rings (SSSR count). The van der Waals surface area contributed by atoms with Gasteiger partial charge in [-0.2, -0.15) is 5.10 Å². The van der Waals surface area contributed by atoms with Crippen LogP contribution < -0.4 is 0 Å². The van der Waals surface area contributed by atoms with Gasteiger partial charge in [0.05, 0.1) is 17.4 Å². The van der Waals surface area contributed by atoms with E-state index in [9.17, 15) is 19.1 Å². The van der Waals surface area contributed by atoms with Crippen molar-refractivity contribution in [2.75, 3.05) is 19.6 Å². The maximum absolute atomic E-state index is 13.7. The lowest BCUT2D eigenvalue weighted by Gasteiger charge is -2.47. The number of aliphatic hydroxyl groups excluding tert-OH is 1. The maximum Gasteiger partial charge on any atom is 0.274 e. The molecule has 9 heteroatoms. The summed E-state index contributed by atoms with van der Waals surface area (Å²) in [6.45, 7) is 14.9. The number of aliphatic hydroxyl groups is 1. The first-order valence-corrected chi connectivity index (χ1v) is 13.1. The third kappa shape index (κ3) is 5.72. The van der Waals surface area contributed by atoms with Gasteiger partial charge < -0.3 is 14.9 Å². The number of hydrogen-bond donors (Lipinski definition) is 1. The molecule has 1 saturated heterocycles. The fourth-order valence-electron chi connectivity index (χ4n) is 5.03. The van der Waals surface area contributed by atoms with E-state index >= 15 is 0 Å². The zero-order chi connectivity index (χ0) is 28.0. The van der Waals surface area contributed by atoms with E-state index in [0.29, 0.717) is 37.4 Å². The second-order valence-electron chi connectivity index (χ2n) is 12.4. The largest absolute Gasteiger partial charge is 0.383 e. The van der Waals surface area contributed by atoms with Crippen molar-refractivity contribution in [1.82, 2.24) is 24.4 Å². The number of hydrogen-bond acceptors (Lipinski definition) is 5. The van der Waals surface area contributed by atoms with Crippen LogP contribution in [-0.2, 0) is 4.79 Å². The summed E-state index contributed by atoms with van der Waals surface area (Å²) < 4.78 is 15.1. The molecule has 204 valence electrons. The first-order valence-electron chi connectivity index (χ1n) is 13.1. The van der Waals surface area contributed by atoms with E-state index in [1.807, 2.05) is 54.5 Å². The molecule has 8 nitrogen and oxygen atoms in total. The number of rotatable bonds is 5. The van der Waals surface area contributed by atoms with E-state index < -0.39 is 11.6 Å². The summed E-state index contributed by atoms with van der Waals surface area (Å²) in [6, 6.07) is 8.09. The Hall–Kier alpha value is -3.33. The highest BCUT2D eigenvalue weighted by Crippen LogP contribution is 2.29. The van der Waals surface area contributed by atoms with E-state index in [0.717, 1.165) is 11.1 Å². The highest BCUT2D eigenvalue weighted by molar-refractivity contribution is 5.94. The van der Waals surface area contributed by atoms with Crippen molar-refractivity contribution in [3.05, 3.63) is 53.6 Å². The number of imidazole rings is 1. The van der Waals surface area contributed by atoms with Crippen molar-refractivity contribution >= 4 is 17.5 Å². The van der Waals surface area contributed by atoms with Crippen LogP contribution in [0.1, 0.15) is 76.9 Å². The van der Waals surface area contributed by atoms with Crippen molar-refractivity contribution in [3.8, 4) is 11.3 Å². The third-order valence-corrected chi connectivity index (χ3v) is 6.98. The molecule has 1 atom stereocenters. The Labute approximate surface area is 223 Å². The molecule has 1 aliphatic rings. The molecular weight excluding hydrogens is 485 g/mol. The molecule has 38 heavy (non-hydrogen) atoms. The molecular formula is C29H38FN5O3. The van der Waals surface area contributed by atoms with Crippen molar-refractivity contribution in [3.63, 3.8) is 0 Å². The summed E-state index contributed by atoms with van der Waals surface area (Å²) in [6.07, 6.45) is 0.942. The summed E-state index contributed by atoms with van der Waals surface area (Å²) in [7, 11) is 0. The number of halogens is 1. The Bertz CT molecular complexity index is 1340. The minimum Gasteiger partial charge on any atom is -0.383 e. The molecule has 1 fully saturated rings. The average Bonchev–Trinajstić information content (AvgIpc) is 3.25. The van der Waals surface area contributed by atoms with Crippen molar-refractivity contribution in [1.29, 1.82) is 0 Å². The molecule has 1 aliphatic heterocycles. The fourth-order valence-corrected chi connectivity index (χ4v) is 5.03. The molecule has 1 aromatic carbocycles. The van der Waals surface area contributed by atoms with Crippen LogP contribution in [0, 0.1) is 11.2 Å². The van der Waals surface area contributed by atoms with Gasteiger partial charge in [-0.05, 0) is 61.9 Å². The highest BCUT2D eigenvalue weighted by atomic mass is 19.1. The SMILES string of the molecule is CC(C)c1cc(-c2ccc(F)cc2)nn2cc(C(=O)N3CCN(C(=O)[C@H](O)CC(C)(C)C)CC3(C)C)nc12. The molecule has 0 aliphatic carbocycles. The van der Waals surface area contributed by atoms with Crippen LogP contribution in [-0.4, -0.2) is 72.6 Å². The van der Waals surface area contributed by atoms with Gasteiger partial charge in [0.15, 0.2) is 5.65 Å². The average molecular weight is 524 g/mol. The van der Waals surface area contributed by atoms with Crippen molar-refractivity contribution in [2.45, 2.75) is 72.4 Å². The zero-order valence-electron chi connectivity index (χ0n) is 23.3. The Morgan fingerprint density at radius 3 is 2.37 bits per heavy atom. The predicted octanol–water partition coefficient (Wildman–Crippen LogP) is 4.52. The van der Waals surface area contributed by atoms with Gasteiger partial charge in [0, 0.05) is 30.8 Å². The third-order valence-electron chi connectivity index (χ3n) is 6.98. The summed E-state index contributed by atoms with van der Waals surface area (Å²) >= 11 is 0. The molecule has 0 unspecified atom stereocenters. The minimum atomic E-state index is -1.07. The van der Waals surface area contributed by atoms with Crippen LogP contribution in [0.3, 0.4) is 0 Å². The summed E-state index contributed by atoms with van der Waals surface area (Å²) in [5, 5.41) is 15.2. The number of fused-ring (bicyclic) bond motifs is 1.